The zero-order chi connectivity index (χ0) is 34.6. The normalized spacial score (nSPS) is 19.0. The lowest BCUT2D eigenvalue weighted by molar-refractivity contribution is -0.137. The third kappa shape index (κ3) is 8.19. The van der Waals surface area contributed by atoms with Crippen molar-refractivity contribution in [3.8, 4) is 5.75 Å². The largest absolute Gasteiger partial charge is 0.508 e. The Hall–Kier alpha value is -4.36. The van der Waals surface area contributed by atoms with Crippen molar-refractivity contribution in [2.24, 2.45) is 0 Å². The Morgan fingerprint density at radius 1 is 0.917 bits per heavy atom. The number of aromatic hydroxyl groups is 1. The number of rotatable bonds is 14. The summed E-state index contributed by atoms with van der Waals surface area (Å²) >= 11 is 0. The van der Waals surface area contributed by atoms with Gasteiger partial charge in [-0.05, 0) is 90.4 Å². The number of phenolic OH excluding ortho intramolecular Hbond substituents is 1. The second-order valence-corrected chi connectivity index (χ2v) is 14.2. The molecule has 9 nitrogen and oxygen atoms in total. The van der Waals surface area contributed by atoms with E-state index in [1.54, 1.807) is 49.4 Å². The number of nitrogens with one attached hydrogen (secondary N) is 1. The summed E-state index contributed by atoms with van der Waals surface area (Å²) in [4.78, 5) is 23.1. The molecule has 1 amide bonds. The van der Waals surface area contributed by atoms with Crippen LogP contribution in [0.4, 0.5) is 24.5 Å². The fourth-order valence-corrected chi connectivity index (χ4v) is 8.30. The molecule has 256 valence electrons. The zero-order valence-electron chi connectivity index (χ0n) is 26.2. The van der Waals surface area contributed by atoms with Gasteiger partial charge in [0.15, 0.2) is 0 Å². The molecule has 0 aliphatic carbocycles. The molecule has 3 aromatic carbocycles. The molecule has 0 saturated carbocycles. The van der Waals surface area contributed by atoms with Crippen molar-refractivity contribution < 1.29 is 46.1 Å². The number of aryl methyl sites for hydroxylation is 1. The zero-order valence-corrected chi connectivity index (χ0v) is 27.1. The predicted molar refractivity (Wildman–Crippen MR) is 176 cm³/mol. The van der Waals surface area contributed by atoms with Crippen molar-refractivity contribution >= 4 is 44.4 Å². The van der Waals surface area contributed by atoms with E-state index in [-0.39, 0.29) is 36.6 Å². The molecule has 2 heterocycles. The number of alkyl halides is 3. The van der Waals surface area contributed by atoms with Crippen molar-refractivity contribution in [2.45, 2.75) is 75.5 Å². The fraction of sp³-hybridized carbons (Fsp3) is 0.371. The van der Waals surface area contributed by atoms with Crippen molar-refractivity contribution in [3.63, 3.8) is 0 Å². The van der Waals surface area contributed by atoms with Crippen LogP contribution in [-0.2, 0) is 24.3 Å². The van der Waals surface area contributed by atoms with E-state index in [2.05, 4.69) is 5.32 Å². The highest BCUT2D eigenvalue weighted by Gasteiger charge is 2.55. The van der Waals surface area contributed by atoms with Gasteiger partial charge in [-0.1, -0.05) is 49.2 Å². The summed E-state index contributed by atoms with van der Waals surface area (Å²) in [6.07, 6.45) is -3.70. The Balaban J connectivity index is 1.41. The van der Waals surface area contributed by atoms with Crippen LogP contribution in [0, 0.1) is 6.92 Å². The number of fused-ring (bicyclic) bond motifs is 2. The van der Waals surface area contributed by atoms with E-state index in [4.69, 9.17) is 9.84 Å². The minimum absolute atomic E-state index is 0.0340. The van der Waals surface area contributed by atoms with Crippen LogP contribution in [0.15, 0.2) is 72.8 Å². The molecule has 0 spiro atoms. The van der Waals surface area contributed by atoms with Gasteiger partial charge in [-0.25, -0.2) is 8.42 Å². The minimum atomic E-state index is -4.80. The molecule has 3 atom stereocenters. The van der Waals surface area contributed by atoms with Gasteiger partial charge in [0, 0.05) is 18.5 Å². The number of carboxylic acid groups (broad SMARTS) is 1. The summed E-state index contributed by atoms with van der Waals surface area (Å²) in [5, 5.41) is 20.1. The monoisotopic (exact) mass is 686 g/mol. The van der Waals surface area contributed by atoms with Crippen molar-refractivity contribution in [1.82, 2.24) is 0 Å². The fourth-order valence-electron chi connectivity index (χ4n) is 6.31. The van der Waals surface area contributed by atoms with Crippen LogP contribution in [-0.4, -0.2) is 60.7 Å². The van der Waals surface area contributed by atoms with Crippen molar-refractivity contribution in [3.05, 3.63) is 89.5 Å². The van der Waals surface area contributed by atoms with E-state index in [0.717, 1.165) is 6.42 Å². The number of sulfonamides is 1. The summed E-state index contributed by atoms with van der Waals surface area (Å²) in [7, 11) is -4.60. The summed E-state index contributed by atoms with van der Waals surface area (Å²) in [6.45, 7) is -0.0161. The van der Waals surface area contributed by atoms with E-state index < -0.39 is 46.2 Å². The smallest absolute Gasteiger partial charge is 0.407 e. The number of carbonyl (C=O) groups is 2. The van der Waals surface area contributed by atoms with Gasteiger partial charge in [-0.15, -0.1) is 0 Å². The van der Waals surface area contributed by atoms with Gasteiger partial charge >= 0.3 is 12.1 Å². The predicted octanol–water partition coefficient (Wildman–Crippen LogP) is 6.91. The average Bonchev–Trinajstić information content (AvgIpc) is 3.62. The number of carbonyl (C=O) groups excluding carboxylic acids is 1. The SMILES string of the molecule is Cc1cccc(N(CC(F)(F)F)S(=O)(=O)C2CC3OC2C(c2ccc(NC(=O)CCCCCCC(=O)O)cc2)=C3c2ccc(O)cc2)c1. The first-order valence-electron chi connectivity index (χ1n) is 15.7. The molecule has 3 N–H and O–H groups in total. The Morgan fingerprint density at radius 2 is 1.54 bits per heavy atom. The van der Waals surface area contributed by atoms with Gasteiger partial charge < -0.3 is 20.3 Å². The minimum Gasteiger partial charge on any atom is -0.508 e. The molecule has 3 aromatic rings. The maximum Gasteiger partial charge on any atom is 0.407 e. The molecular formula is C35H37F3N2O7S. The number of hydrogen-bond acceptors (Lipinski definition) is 6. The molecule has 2 bridgehead atoms. The molecule has 0 radical (unpaired) electrons. The van der Waals surface area contributed by atoms with Crippen LogP contribution in [0.25, 0.3) is 11.1 Å². The van der Waals surface area contributed by atoms with Crippen LogP contribution in [0.1, 0.15) is 61.6 Å². The molecule has 13 heteroatoms. The van der Waals surface area contributed by atoms with Crippen LogP contribution in [0.2, 0.25) is 0 Å². The number of halogens is 3. The third-order valence-electron chi connectivity index (χ3n) is 8.50. The van der Waals surface area contributed by atoms with E-state index in [0.29, 0.717) is 57.1 Å². The molecule has 1 fully saturated rings. The summed E-state index contributed by atoms with van der Waals surface area (Å²) < 4.78 is 76.4. The molecule has 5 rings (SSSR count). The number of carboxylic acids is 1. The van der Waals surface area contributed by atoms with E-state index in [1.807, 2.05) is 0 Å². The number of anilines is 2. The molecule has 2 aliphatic heterocycles. The maximum atomic E-state index is 14.1. The Bertz CT molecular complexity index is 1770. The number of ether oxygens (including phenoxy) is 1. The summed E-state index contributed by atoms with van der Waals surface area (Å²) in [5.41, 5.74) is 3.49. The molecule has 2 aliphatic rings. The number of nitrogens with zero attached hydrogens (tertiary/aromatic N) is 1. The molecule has 0 aromatic heterocycles. The lowest BCUT2D eigenvalue weighted by atomic mass is 9.83. The maximum absolute atomic E-state index is 14.1. The van der Waals surface area contributed by atoms with Crippen LogP contribution in [0.3, 0.4) is 0 Å². The van der Waals surface area contributed by atoms with Gasteiger partial charge in [-0.2, -0.15) is 13.2 Å². The van der Waals surface area contributed by atoms with Gasteiger partial charge in [-0.3, -0.25) is 13.9 Å². The third-order valence-corrected chi connectivity index (χ3v) is 10.7. The first-order valence-corrected chi connectivity index (χ1v) is 17.2. The van der Waals surface area contributed by atoms with Crippen LogP contribution in [0.5, 0.6) is 5.75 Å². The van der Waals surface area contributed by atoms with E-state index in [9.17, 15) is 36.3 Å². The lowest BCUT2D eigenvalue weighted by Crippen LogP contribution is -2.47. The van der Waals surface area contributed by atoms with Crippen molar-refractivity contribution in [2.75, 3.05) is 16.2 Å². The van der Waals surface area contributed by atoms with E-state index in [1.165, 1.54) is 30.3 Å². The second-order valence-electron chi connectivity index (χ2n) is 12.1. The van der Waals surface area contributed by atoms with E-state index >= 15 is 0 Å². The number of hydrogen-bond donors (Lipinski definition) is 3. The highest BCUT2D eigenvalue weighted by molar-refractivity contribution is 7.93. The highest BCUT2D eigenvalue weighted by Crippen LogP contribution is 2.51. The number of phenols is 1. The first-order chi connectivity index (χ1) is 22.7. The van der Waals surface area contributed by atoms with Gasteiger partial charge in [0.25, 0.3) is 0 Å². The lowest BCUT2D eigenvalue weighted by Gasteiger charge is -2.32. The van der Waals surface area contributed by atoms with Gasteiger partial charge in [0.1, 0.15) is 23.6 Å². The molecular weight excluding hydrogens is 649 g/mol. The Kier molecular flexibility index (Phi) is 10.5. The summed E-state index contributed by atoms with van der Waals surface area (Å²) in [5.74, 6) is -1.02. The molecule has 1 saturated heterocycles. The highest BCUT2D eigenvalue weighted by atomic mass is 32.2. The quantitative estimate of drug-likeness (QED) is 0.157. The standard InChI is InChI=1S/C35H37F3N2O7S/c1-22-7-6-8-26(19-22)40(21-35(36,37)38)48(45,46)29-20-28-32(23-13-17-27(41)18-14-23)33(34(29)47-28)24-11-15-25(16-12-24)39-30(42)9-4-2-3-5-10-31(43)44/h6-8,11-19,28-29,34,41H,2-5,9-10,20-21H2,1H3,(H,39,42)(H,43,44). The average molecular weight is 687 g/mol. The number of amides is 1. The Labute approximate surface area is 277 Å². The van der Waals surface area contributed by atoms with Crippen molar-refractivity contribution in [1.29, 1.82) is 0 Å². The Morgan fingerprint density at radius 3 is 2.17 bits per heavy atom. The van der Waals surface area contributed by atoms with Gasteiger partial charge in [0.05, 0.1) is 11.8 Å². The van der Waals surface area contributed by atoms with Gasteiger partial charge in [0.2, 0.25) is 15.9 Å². The van der Waals surface area contributed by atoms with Crippen LogP contribution >= 0.6 is 0 Å². The summed E-state index contributed by atoms with van der Waals surface area (Å²) in [6, 6.07) is 19.0. The molecule has 48 heavy (non-hydrogen) atoms. The number of unbranched alkanes of at least 4 members (excludes halogenated alkanes) is 3. The first kappa shape index (κ1) is 35.0. The van der Waals surface area contributed by atoms with Crippen LogP contribution < -0.4 is 9.62 Å². The second kappa shape index (κ2) is 14.4. The number of benzene rings is 3. The topological polar surface area (TPSA) is 133 Å². The molecule has 3 unspecified atom stereocenters. The number of aliphatic carboxylic acids is 1.